The quantitative estimate of drug-likeness (QED) is 0.266. The Morgan fingerprint density at radius 3 is 2.50 bits per heavy atom. The van der Waals surface area contributed by atoms with E-state index in [4.69, 9.17) is 0 Å². The second kappa shape index (κ2) is 10.4. The maximum Gasteiger partial charge on any atom is 0.294 e. The van der Waals surface area contributed by atoms with E-state index in [2.05, 4.69) is 36.9 Å². The van der Waals surface area contributed by atoms with Gasteiger partial charge in [0.25, 0.3) is 17.5 Å². The van der Waals surface area contributed by atoms with Crippen LogP contribution in [0.4, 0.5) is 15.8 Å². The molecule has 4 N–H and O–H groups in total. The molecule has 1 fully saturated rings. The number of nitro groups is 1. The summed E-state index contributed by atoms with van der Waals surface area (Å²) in [6.07, 6.45) is 2.76. The fourth-order valence-electron chi connectivity index (χ4n) is 4.52. The predicted octanol–water partition coefficient (Wildman–Crippen LogP) is 3.85. The highest BCUT2D eigenvalue weighted by Crippen LogP contribution is 2.35. The minimum atomic E-state index is -0.577. The van der Waals surface area contributed by atoms with Crippen LogP contribution in [0.5, 0.6) is 0 Å². The van der Waals surface area contributed by atoms with Gasteiger partial charge < -0.3 is 20.9 Å². The van der Waals surface area contributed by atoms with Crippen LogP contribution in [0.15, 0.2) is 45.7 Å². The molecule has 2 aromatic carbocycles. The molecule has 0 radical (unpaired) electrons. The highest BCUT2D eigenvalue weighted by Gasteiger charge is 2.31. The number of aromatic amines is 1. The number of H-pyrrole nitrogens is 1. The fourth-order valence-corrected chi connectivity index (χ4v) is 4.97. The van der Waals surface area contributed by atoms with E-state index in [-0.39, 0.29) is 27.9 Å². The molecule has 0 bridgehead atoms. The molecule has 0 spiro atoms. The minimum Gasteiger partial charge on any atom is -0.374 e. The second-order valence-electron chi connectivity index (χ2n) is 8.54. The number of amides is 2. The van der Waals surface area contributed by atoms with Gasteiger partial charge in [-0.1, -0.05) is 28.8 Å². The Bertz CT molecular complexity index is 1430. The number of carbonyl (C=O) groups is 2. The topological polar surface area (TPSA) is 146 Å². The summed E-state index contributed by atoms with van der Waals surface area (Å²) in [6, 6.07) is 6.77. The lowest BCUT2D eigenvalue weighted by Gasteiger charge is -2.34. The lowest BCUT2D eigenvalue weighted by molar-refractivity contribution is -0.384. The number of nitrogens with one attached hydrogen (secondary N) is 4. The lowest BCUT2D eigenvalue weighted by Crippen LogP contribution is -2.49. The summed E-state index contributed by atoms with van der Waals surface area (Å²) in [7, 11) is 1.43. The van der Waals surface area contributed by atoms with Gasteiger partial charge in [0.15, 0.2) is 0 Å². The van der Waals surface area contributed by atoms with E-state index in [1.165, 1.54) is 37.4 Å². The normalized spacial score (nSPS) is 17.4. The molecule has 4 rings (SSSR count). The number of pyridine rings is 1. The van der Waals surface area contributed by atoms with Gasteiger partial charge in [-0.25, -0.2) is 4.39 Å². The first-order chi connectivity index (χ1) is 17.2. The second-order valence-corrected chi connectivity index (χ2v) is 9.45. The van der Waals surface area contributed by atoms with Crippen molar-refractivity contribution in [2.45, 2.75) is 37.8 Å². The zero-order valence-electron chi connectivity index (χ0n) is 19.2. The number of carbonyl (C=O) groups excluding carboxylic acids is 2. The molecule has 1 aliphatic carbocycles. The standard InChI is InChI=1S/C24H23BrFN5O5/c1-27-23(33)16-8-12(25)9-20(31(35)36)22(16)29-18-4-2-3-5-19(18)30-24(34)15-11-21(32)28-17-7-6-13(26)10-14(15)17/h6-11,18-19,29H,2-5H2,1H3,(H,27,33)(H,28,32)(H,30,34)/t18-,19+/m1/s1. The van der Waals surface area contributed by atoms with E-state index in [0.717, 1.165) is 18.9 Å². The third kappa shape index (κ3) is 5.23. The summed E-state index contributed by atoms with van der Waals surface area (Å²) in [5.41, 5.74) is -0.290. The Labute approximate surface area is 212 Å². The number of halogens is 2. The highest BCUT2D eigenvalue weighted by atomic mass is 79.9. The van der Waals surface area contributed by atoms with Crippen molar-refractivity contribution in [3.8, 4) is 0 Å². The lowest BCUT2D eigenvalue weighted by atomic mass is 9.89. The Morgan fingerprint density at radius 1 is 1.08 bits per heavy atom. The Balaban J connectivity index is 1.67. The molecule has 2 amide bonds. The number of nitro benzene ring substituents is 1. The Morgan fingerprint density at radius 2 is 1.81 bits per heavy atom. The van der Waals surface area contributed by atoms with E-state index in [1.54, 1.807) is 0 Å². The van der Waals surface area contributed by atoms with Gasteiger partial charge in [0.1, 0.15) is 11.5 Å². The molecule has 10 nitrogen and oxygen atoms in total. The Kier molecular flexibility index (Phi) is 7.34. The largest absolute Gasteiger partial charge is 0.374 e. The van der Waals surface area contributed by atoms with Gasteiger partial charge in [-0.3, -0.25) is 24.5 Å². The van der Waals surface area contributed by atoms with Crippen molar-refractivity contribution in [3.05, 3.63) is 78.3 Å². The van der Waals surface area contributed by atoms with Crippen LogP contribution in [0.2, 0.25) is 0 Å². The number of rotatable bonds is 6. The molecule has 12 heteroatoms. The van der Waals surface area contributed by atoms with Crippen LogP contribution < -0.4 is 21.5 Å². The average Bonchev–Trinajstić information content (AvgIpc) is 2.85. The van der Waals surface area contributed by atoms with Crippen LogP contribution in [-0.4, -0.2) is 40.9 Å². The summed E-state index contributed by atoms with van der Waals surface area (Å²) in [4.78, 5) is 51.6. The molecule has 1 saturated carbocycles. The van der Waals surface area contributed by atoms with Crippen molar-refractivity contribution in [2.75, 3.05) is 12.4 Å². The monoisotopic (exact) mass is 559 g/mol. The molecule has 1 aliphatic rings. The SMILES string of the molecule is CNC(=O)c1cc(Br)cc([N+](=O)[O-])c1N[C@@H]1CCCC[C@@H]1NC(=O)c1cc(=O)[nH]c2ccc(F)cc12. The van der Waals surface area contributed by atoms with Crippen LogP contribution in [0.3, 0.4) is 0 Å². The number of nitrogens with zero attached hydrogens (tertiary/aromatic N) is 1. The number of hydrogen-bond acceptors (Lipinski definition) is 6. The van der Waals surface area contributed by atoms with Crippen molar-refractivity contribution < 1.29 is 18.9 Å². The van der Waals surface area contributed by atoms with E-state index in [0.29, 0.717) is 22.8 Å². The summed E-state index contributed by atoms with van der Waals surface area (Å²) in [5, 5.41) is 20.6. The summed E-state index contributed by atoms with van der Waals surface area (Å²) >= 11 is 3.22. The molecule has 0 aliphatic heterocycles. The zero-order chi connectivity index (χ0) is 26.0. The molecule has 2 atom stereocenters. The van der Waals surface area contributed by atoms with Crippen molar-refractivity contribution in [1.29, 1.82) is 0 Å². The third-order valence-electron chi connectivity index (χ3n) is 6.21. The van der Waals surface area contributed by atoms with Crippen LogP contribution >= 0.6 is 15.9 Å². The molecule has 36 heavy (non-hydrogen) atoms. The molecule has 1 aromatic heterocycles. The molecule has 0 saturated heterocycles. The number of aromatic nitrogens is 1. The first-order valence-electron chi connectivity index (χ1n) is 11.3. The minimum absolute atomic E-state index is 0.0262. The van der Waals surface area contributed by atoms with Crippen LogP contribution in [0.25, 0.3) is 10.9 Å². The predicted molar refractivity (Wildman–Crippen MR) is 136 cm³/mol. The maximum absolute atomic E-state index is 13.9. The van der Waals surface area contributed by atoms with E-state index in [1.807, 2.05) is 0 Å². The maximum atomic E-state index is 13.9. The van der Waals surface area contributed by atoms with Crippen LogP contribution in [0.1, 0.15) is 46.4 Å². The van der Waals surface area contributed by atoms with Gasteiger partial charge in [-0.2, -0.15) is 0 Å². The van der Waals surface area contributed by atoms with Gasteiger partial charge in [-0.05, 0) is 37.1 Å². The average molecular weight is 560 g/mol. The van der Waals surface area contributed by atoms with Crippen molar-refractivity contribution >= 4 is 50.0 Å². The highest BCUT2D eigenvalue weighted by molar-refractivity contribution is 9.10. The third-order valence-corrected chi connectivity index (χ3v) is 6.67. The molecule has 1 heterocycles. The number of anilines is 1. The molecule has 188 valence electrons. The fraction of sp³-hybridized carbons (Fsp3) is 0.292. The number of fused-ring (bicyclic) bond motifs is 1. The van der Waals surface area contributed by atoms with E-state index >= 15 is 0 Å². The molecule has 0 unspecified atom stereocenters. The van der Waals surface area contributed by atoms with Gasteiger partial charge in [0.05, 0.1) is 16.1 Å². The molecule has 3 aromatic rings. The first kappa shape index (κ1) is 25.3. The molecular formula is C24H23BrFN5O5. The summed E-state index contributed by atoms with van der Waals surface area (Å²) in [6.45, 7) is 0. The van der Waals surface area contributed by atoms with Gasteiger partial charge >= 0.3 is 0 Å². The first-order valence-corrected chi connectivity index (χ1v) is 12.1. The van der Waals surface area contributed by atoms with E-state index in [9.17, 15) is 28.9 Å². The van der Waals surface area contributed by atoms with Crippen LogP contribution in [-0.2, 0) is 0 Å². The van der Waals surface area contributed by atoms with Crippen molar-refractivity contribution in [1.82, 2.24) is 15.6 Å². The van der Waals surface area contributed by atoms with Gasteiger partial charge in [0, 0.05) is 46.6 Å². The number of hydrogen-bond donors (Lipinski definition) is 4. The van der Waals surface area contributed by atoms with Crippen LogP contribution in [0, 0.1) is 15.9 Å². The molecular weight excluding hydrogens is 537 g/mol. The van der Waals surface area contributed by atoms with E-state index < -0.39 is 40.2 Å². The van der Waals surface area contributed by atoms with Gasteiger partial charge in [-0.15, -0.1) is 0 Å². The zero-order valence-corrected chi connectivity index (χ0v) is 20.8. The Hall–Kier alpha value is -3.80. The van der Waals surface area contributed by atoms with Crippen molar-refractivity contribution in [2.24, 2.45) is 0 Å². The smallest absolute Gasteiger partial charge is 0.294 e. The summed E-state index contributed by atoms with van der Waals surface area (Å²) < 4.78 is 14.3. The summed E-state index contributed by atoms with van der Waals surface area (Å²) in [5.74, 6) is -1.62. The number of benzene rings is 2. The van der Waals surface area contributed by atoms with Crippen molar-refractivity contribution in [3.63, 3.8) is 0 Å². The van der Waals surface area contributed by atoms with Gasteiger partial charge in [0.2, 0.25) is 5.56 Å².